The second-order valence-corrected chi connectivity index (χ2v) is 6.55. The van der Waals surface area contributed by atoms with Gasteiger partial charge >= 0.3 is 0 Å². The van der Waals surface area contributed by atoms with E-state index in [4.69, 9.17) is 4.74 Å². The molecule has 1 aromatic heterocycles. The van der Waals surface area contributed by atoms with Crippen LogP contribution in [0.5, 0.6) is 5.75 Å². The van der Waals surface area contributed by atoms with E-state index in [1.165, 1.54) is 25.3 Å². The number of H-pyrrole nitrogens is 1. The molecule has 26 heavy (non-hydrogen) atoms. The van der Waals surface area contributed by atoms with Gasteiger partial charge in [-0.3, -0.25) is 4.79 Å². The molecule has 0 radical (unpaired) electrons. The summed E-state index contributed by atoms with van der Waals surface area (Å²) in [6, 6.07) is 12.2. The van der Waals surface area contributed by atoms with Gasteiger partial charge in [-0.05, 0) is 43.2 Å². The van der Waals surface area contributed by atoms with Crippen LogP contribution in [0, 0.1) is 5.82 Å². The number of para-hydroxylation sites is 2. The van der Waals surface area contributed by atoms with Crippen molar-refractivity contribution in [3.8, 4) is 5.75 Å². The minimum Gasteiger partial charge on any atom is -0.494 e. The molecule has 0 atom stereocenters. The molecule has 6 heteroatoms. The van der Waals surface area contributed by atoms with E-state index in [-0.39, 0.29) is 11.7 Å². The zero-order chi connectivity index (χ0) is 18.1. The first-order valence-corrected chi connectivity index (χ1v) is 8.73. The number of ether oxygens (including phenoxy) is 1. The summed E-state index contributed by atoms with van der Waals surface area (Å²) >= 11 is 0. The third kappa shape index (κ3) is 3.03. The minimum absolute atomic E-state index is 0.0908. The summed E-state index contributed by atoms with van der Waals surface area (Å²) in [5.74, 6) is 0.836. The van der Waals surface area contributed by atoms with Crippen molar-refractivity contribution < 1.29 is 13.9 Å². The Kier molecular flexibility index (Phi) is 4.32. The average molecular weight is 353 g/mol. The van der Waals surface area contributed by atoms with Crippen LogP contribution in [-0.2, 0) is 0 Å². The molecular weight excluding hydrogens is 333 g/mol. The lowest BCUT2D eigenvalue weighted by Gasteiger charge is -2.31. The largest absolute Gasteiger partial charge is 0.494 e. The quantitative estimate of drug-likeness (QED) is 0.780. The van der Waals surface area contributed by atoms with E-state index in [9.17, 15) is 9.18 Å². The van der Waals surface area contributed by atoms with Gasteiger partial charge in [0.2, 0.25) is 0 Å². The second-order valence-electron chi connectivity index (χ2n) is 6.55. The highest BCUT2D eigenvalue weighted by molar-refractivity contribution is 5.94. The summed E-state index contributed by atoms with van der Waals surface area (Å²) < 4.78 is 18.5. The number of piperidine rings is 1. The van der Waals surface area contributed by atoms with Crippen molar-refractivity contribution >= 4 is 16.9 Å². The summed E-state index contributed by atoms with van der Waals surface area (Å²) in [6.45, 7) is 1.31. The third-order valence-corrected chi connectivity index (χ3v) is 4.97. The molecule has 0 bridgehead atoms. The highest BCUT2D eigenvalue weighted by atomic mass is 19.1. The molecule has 5 nitrogen and oxygen atoms in total. The molecule has 134 valence electrons. The van der Waals surface area contributed by atoms with E-state index in [2.05, 4.69) is 9.97 Å². The number of imidazole rings is 1. The number of carbonyl (C=O) groups is 1. The summed E-state index contributed by atoms with van der Waals surface area (Å²) in [4.78, 5) is 22.6. The highest BCUT2D eigenvalue weighted by Gasteiger charge is 2.26. The molecule has 1 saturated heterocycles. The van der Waals surface area contributed by atoms with Crippen molar-refractivity contribution in [3.63, 3.8) is 0 Å². The number of methoxy groups -OCH3 is 1. The fourth-order valence-corrected chi connectivity index (χ4v) is 3.50. The van der Waals surface area contributed by atoms with E-state index in [1.54, 1.807) is 0 Å². The van der Waals surface area contributed by atoms with Gasteiger partial charge in [0, 0.05) is 24.6 Å². The number of carbonyl (C=O) groups excluding carboxylic acids is 1. The van der Waals surface area contributed by atoms with Crippen molar-refractivity contribution in [2.45, 2.75) is 18.8 Å². The van der Waals surface area contributed by atoms with Crippen LogP contribution in [0.2, 0.25) is 0 Å². The van der Waals surface area contributed by atoms with Gasteiger partial charge in [0.05, 0.1) is 18.1 Å². The number of amides is 1. The lowest BCUT2D eigenvalue weighted by molar-refractivity contribution is 0.0711. The van der Waals surface area contributed by atoms with Crippen LogP contribution >= 0.6 is 0 Å². The van der Waals surface area contributed by atoms with Crippen LogP contribution in [0.25, 0.3) is 11.0 Å². The van der Waals surface area contributed by atoms with Crippen molar-refractivity contribution in [2.75, 3.05) is 20.2 Å². The first-order chi connectivity index (χ1) is 12.7. The van der Waals surface area contributed by atoms with Crippen molar-refractivity contribution in [1.82, 2.24) is 14.9 Å². The molecule has 2 heterocycles. The number of aromatic nitrogens is 2. The number of hydrogen-bond donors (Lipinski definition) is 1. The Hall–Kier alpha value is -2.89. The number of benzene rings is 2. The van der Waals surface area contributed by atoms with Crippen molar-refractivity contribution in [2.24, 2.45) is 0 Å². The fraction of sp³-hybridized carbons (Fsp3) is 0.300. The van der Waals surface area contributed by atoms with Gasteiger partial charge in [-0.2, -0.15) is 0 Å². The number of nitrogens with zero attached hydrogens (tertiary/aromatic N) is 2. The standard InChI is InChI=1S/C20H20FN3O2/c1-26-18-12-14(6-7-15(18)21)20(25)24-10-8-13(9-11-24)19-22-16-4-2-3-5-17(16)23-19/h2-7,12-13H,8-11H2,1H3,(H,22,23). The van der Waals surface area contributed by atoms with Gasteiger partial charge in [-0.15, -0.1) is 0 Å². The lowest BCUT2D eigenvalue weighted by Crippen LogP contribution is -2.38. The Morgan fingerprint density at radius 2 is 2.00 bits per heavy atom. The minimum atomic E-state index is -0.465. The summed E-state index contributed by atoms with van der Waals surface area (Å²) in [5, 5.41) is 0. The van der Waals surface area contributed by atoms with Gasteiger partial charge < -0.3 is 14.6 Å². The van der Waals surface area contributed by atoms with Crippen LogP contribution in [0.15, 0.2) is 42.5 Å². The maximum Gasteiger partial charge on any atom is 0.253 e. The number of fused-ring (bicyclic) bond motifs is 1. The molecule has 4 rings (SSSR count). The Morgan fingerprint density at radius 1 is 1.23 bits per heavy atom. The van der Waals surface area contributed by atoms with E-state index in [0.29, 0.717) is 24.6 Å². The third-order valence-electron chi connectivity index (χ3n) is 4.97. The topological polar surface area (TPSA) is 58.2 Å². The Bertz CT molecular complexity index is 912. The Labute approximate surface area is 150 Å². The second kappa shape index (κ2) is 6.78. The Morgan fingerprint density at radius 3 is 2.73 bits per heavy atom. The smallest absolute Gasteiger partial charge is 0.253 e. The first-order valence-electron chi connectivity index (χ1n) is 8.73. The van der Waals surface area contributed by atoms with Crippen LogP contribution in [0.4, 0.5) is 4.39 Å². The van der Waals surface area contributed by atoms with Gasteiger partial charge in [-0.1, -0.05) is 12.1 Å². The normalized spacial score (nSPS) is 15.4. The Balaban J connectivity index is 1.45. The highest BCUT2D eigenvalue weighted by Crippen LogP contribution is 2.29. The van der Waals surface area contributed by atoms with Crippen LogP contribution in [0.3, 0.4) is 0 Å². The molecule has 0 saturated carbocycles. The molecule has 3 aromatic rings. The predicted octanol–water partition coefficient (Wildman–Crippen LogP) is 3.73. The molecule has 0 spiro atoms. The van der Waals surface area contributed by atoms with E-state index in [1.807, 2.05) is 29.2 Å². The summed E-state index contributed by atoms with van der Waals surface area (Å²) in [7, 11) is 1.39. The molecule has 1 aliphatic heterocycles. The zero-order valence-electron chi connectivity index (χ0n) is 14.5. The van der Waals surface area contributed by atoms with E-state index in [0.717, 1.165) is 29.7 Å². The van der Waals surface area contributed by atoms with Crippen LogP contribution in [0.1, 0.15) is 34.9 Å². The number of rotatable bonds is 3. The lowest BCUT2D eigenvalue weighted by atomic mass is 9.95. The predicted molar refractivity (Wildman–Crippen MR) is 96.9 cm³/mol. The molecule has 1 amide bonds. The molecule has 2 aromatic carbocycles. The maximum absolute atomic E-state index is 13.5. The number of halogens is 1. The number of aromatic amines is 1. The van der Waals surface area contributed by atoms with Crippen LogP contribution < -0.4 is 4.74 Å². The van der Waals surface area contributed by atoms with Crippen molar-refractivity contribution in [1.29, 1.82) is 0 Å². The van der Waals surface area contributed by atoms with E-state index < -0.39 is 5.82 Å². The zero-order valence-corrected chi connectivity index (χ0v) is 14.5. The molecule has 1 fully saturated rings. The molecule has 0 unspecified atom stereocenters. The fourth-order valence-electron chi connectivity index (χ4n) is 3.50. The number of nitrogens with one attached hydrogen (secondary N) is 1. The SMILES string of the molecule is COc1cc(C(=O)N2CCC(c3nc4ccccc4[nH]3)CC2)ccc1F. The van der Waals surface area contributed by atoms with Gasteiger partial charge in [0.25, 0.3) is 5.91 Å². The molecule has 1 N–H and O–H groups in total. The van der Waals surface area contributed by atoms with Gasteiger partial charge in [0.1, 0.15) is 5.82 Å². The summed E-state index contributed by atoms with van der Waals surface area (Å²) in [6.07, 6.45) is 1.70. The molecule has 0 aliphatic carbocycles. The van der Waals surface area contributed by atoms with Gasteiger partial charge in [-0.25, -0.2) is 9.37 Å². The molecular formula is C20H20FN3O2. The monoisotopic (exact) mass is 353 g/mol. The van der Waals surface area contributed by atoms with Crippen LogP contribution in [-0.4, -0.2) is 41.0 Å². The average Bonchev–Trinajstić information content (AvgIpc) is 3.12. The van der Waals surface area contributed by atoms with Gasteiger partial charge in [0.15, 0.2) is 11.6 Å². The molecule has 1 aliphatic rings. The maximum atomic E-state index is 13.5. The summed E-state index contributed by atoms with van der Waals surface area (Å²) in [5.41, 5.74) is 2.46. The first kappa shape index (κ1) is 16.6. The number of likely N-dealkylation sites (tertiary alicyclic amines) is 1. The van der Waals surface area contributed by atoms with E-state index >= 15 is 0 Å². The number of hydrogen-bond acceptors (Lipinski definition) is 3. The van der Waals surface area contributed by atoms with Crippen molar-refractivity contribution in [3.05, 3.63) is 59.7 Å².